The standard InChI is InChI=1S/C14H22/c1-6-11-9-8-10-13(12(11)7-2)14(3,4)5/h8-10H,6-7H2,1-5H3. The third kappa shape index (κ3) is 2.17. The first kappa shape index (κ1) is 11.3. The Hall–Kier alpha value is -0.780. The van der Waals surface area contributed by atoms with Gasteiger partial charge in [-0.25, -0.2) is 0 Å². The van der Waals surface area contributed by atoms with E-state index in [1.807, 2.05) is 0 Å². The second-order valence-corrected chi connectivity index (χ2v) is 4.90. The van der Waals surface area contributed by atoms with E-state index < -0.39 is 0 Å². The molecule has 0 saturated carbocycles. The molecule has 0 aliphatic rings. The van der Waals surface area contributed by atoms with Crippen LogP contribution in [0.4, 0.5) is 0 Å². The highest BCUT2D eigenvalue weighted by Gasteiger charge is 2.18. The highest BCUT2D eigenvalue weighted by Crippen LogP contribution is 2.28. The van der Waals surface area contributed by atoms with Gasteiger partial charge in [0.05, 0.1) is 0 Å². The van der Waals surface area contributed by atoms with Crippen molar-refractivity contribution in [3.05, 3.63) is 34.9 Å². The molecule has 0 nitrogen and oxygen atoms in total. The maximum Gasteiger partial charge on any atom is -0.0129 e. The molecule has 78 valence electrons. The number of hydrogen-bond acceptors (Lipinski definition) is 0. The van der Waals surface area contributed by atoms with Crippen molar-refractivity contribution in [2.75, 3.05) is 0 Å². The molecule has 0 fully saturated rings. The molecule has 0 atom stereocenters. The second-order valence-electron chi connectivity index (χ2n) is 4.90. The van der Waals surface area contributed by atoms with E-state index >= 15 is 0 Å². The van der Waals surface area contributed by atoms with E-state index in [0.717, 1.165) is 12.8 Å². The van der Waals surface area contributed by atoms with Gasteiger partial charge < -0.3 is 0 Å². The molecule has 0 unspecified atom stereocenters. The van der Waals surface area contributed by atoms with Gasteiger partial charge in [0, 0.05) is 0 Å². The summed E-state index contributed by atoms with van der Waals surface area (Å²) in [6.07, 6.45) is 2.30. The zero-order valence-electron chi connectivity index (χ0n) is 10.1. The van der Waals surface area contributed by atoms with Crippen LogP contribution in [0.2, 0.25) is 0 Å². The monoisotopic (exact) mass is 190 g/mol. The fourth-order valence-electron chi connectivity index (χ4n) is 2.09. The molecule has 0 heteroatoms. The Labute approximate surface area is 88.4 Å². The van der Waals surface area contributed by atoms with E-state index in [9.17, 15) is 0 Å². The Morgan fingerprint density at radius 2 is 1.64 bits per heavy atom. The van der Waals surface area contributed by atoms with E-state index in [1.54, 1.807) is 5.56 Å². The summed E-state index contributed by atoms with van der Waals surface area (Å²) in [4.78, 5) is 0. The van der Waals surface area contributed by atoms with Gasteiger partial charge in [0.1, 0.15) is 0 Å². The molecule has 14 heavy (non-hydrogen) atoms. The molecule has 0 aliphatic heterocycles. The molecular weight excluding hydrogens is 168 g/mol. The van der Waals surface area contributed by atoms with Gasteiger partial charge in [-0.3, -0.25) is 0 Å². The van der Waals surface area contributed by atoms with Crippen molar-refractivity contribution in [3.63, 3.8) is 0 Å². The predicted octanol–water partition coefficient (Wildman–Crippen LogP) is 4.11. The summed E-state index contributed by atoms with van der Waals surface area (Å²) in [5.74, 6) is 0. The van der Waals surface area contributed by atoms with Crippen molar-refractivity contribution < 1.29 is 0 Å². The highest BCUT2D eigenvalue weighted by atomic mass is 14.2. The van der Waals surface area contributed by atoms with Gasteiger partial charge in [0.15, 0.2) is 0 Å². The van der Waals surface area contributed by atoms with Gasteiger partial charge in [0.25, 0.3) is 0 Å². The Balaban J connectivity index is 3.29. The van der Waals surface area contributed by atoms with Crippen LogP contribution < -0.4 is 0 Å². The van der Waals surface area contributed by atoms with Crippen LogP contribution in [0.15, 0.2) is 18.2 Å². The van der Waals surface area contributed by atoms with E-state index in [1.165, 1.54) is 11.1 Å². The maximum absolute atomic E-state index is 2.29. The smallest absolute Gasteiger partial charge is 0.0129 e. The zero-order chi connectivity index (χ0) is 10.8. The largest absolute Gasteiger partial charge is 0.0617 e. The summed E-state index contributed by atoms with van der Waals surface area (Å²) in [7, 11) is 0. The third-order valence-corrected chi connectivity index (χ3v) is 2.82. The number of benzene rings is 1. The second kappa shape index (κ2) is 4.16. The fraction of sp³-hybridized carbons (Fsp3) is 0.571. The molecule has 1 aromatic rings. The van der Waals surface area contributed by atoms with Gasteiger partial charge in [0.2, 0.25) is 0 Å². The van der Waals surface area contributed by atoms with Crippen LogP contribution in [0, 0.1) is 0 Å². The normalized spacial score (nSPS) is 11.8. The minimum absolute atomic E-state index is 0.274. The van der Waals surface area contributed by atoms with Crippen molar-refractivity contribution in [3.8, 4) is 0 Å². The number of hydrogen-bond donors (Lipinski definition) is 0. The highest BCUT2D eigenvalue weighted by molar-refractivity contribution is 5.39. The summed E-state index contributed by atoms with van der Waals surface area (Å²) in [6.45, 7) is 11.4. The molecule has 0 saturated heterocycles. The lowest BCUT2D eigenvalue weighted by Crippen LogP contribution is -2.15. The maximum atomic E-state index is 2.29. The van der Waals surface area contributed by atoms with Gasteiger partial charge in [-0.15, -0.1) is 0 Å². The molecule has 0 heterocycles. The summed E-state index contributed by atoms with van der Waals surface area (Å²) in [6, 6.07) is 6.73. The first-order valence-electron chi connectivity index (χ1n) is 5.62. The molecule has 0 bridgehead atoms. The Kier molecular flexibility index (Phi) is 3.36. The summed E-state index contributed by atoms with van der Waals surface area (Å²) in [5, 5.41) is 0. The number of rotatable bonds is 2. The molecular formula is C14H22. The van der Waals surface area contributed by atoms with E-state index in [4.69, 9.17) is 0 Å². The molecule has 0 radical (unpaired) electrons. The molecule has 0 N–H and O–H groups in total. The van der Waals surface area contributed by atoms with Crippen molar-refractivity contribution in [1.82, 2.24) is 0 Å². The molecule has 0 spiro atoms. The summed E-state index contributed by atoms with van der Waals surface area (Å²) < 4.78 is 0. The van der Waals surface area contributed by atoms with Crippen molar-refractivity contribution in [2.45, 2.75) is 52.9 Å². The lowest BCUT2D eigenvalue weighted by molar-refractivity contribution is 0.582. The van der Waals surface area contributed by atoms with Gasteiger partial charge in [-0.2, -0.15) is 0 Å². The van der Waals surface area contributed by atoms with E-state index in [0.29, 0.717) is 0 Å². The molecule has 1 rings (SSSR count). The third-order valence-electron chi connectivity index (χ3n) is 2.82. The average Bonchev–Trinajstić information content (AvgIpc) is 2.15. The van der Waals surface area contributed by atoms with Crippen LogP contribution in [-0.4, -0.2) is 0 Å². The summed E-state index contributed by atoms with van der Waals surface area (Å²) >= 11 is 0. The van der Waals surface area contributed by atoms with Crippen molar-refractivity contribution in [2.24, 2.45) is 0 Å². The van der Waals surface area contributed by atoms with Gasteiger partial charge >= 0.3 is 0 Å². The molecule has 0 aromatic heterocycles. The molecule has 1 aromatic carbocycles. The van der Waals surface area contributed by atoms with Crippen LogP contribution in [0.1, 0.15) is 51.3 Å². The Morgan fingerprint density at radius 3 is 2.07 bits per heavy atom. The Morgan fingerprint density at radius 1 is 1.00 bits per heavy atom. The van der Waals surface area contributed by atoms with Gasteiger partial charge in [-0.1, -0.05) is 52.8 Å². The van der Waals surface area contributed by atoms with Crippen molar-refractivity contribution >= 4 is 0 Å². The minimum Gasteiger partial charge on any atom is -0.0617 e. The average molecular weight is 190 g/mol. The lowest BCUT2D eigenvalue weighted by atomic mass is 9.81. The molecule has 0 amide bonds. The first-order chi connectivity index (χ1) is 6.50. The molecule has 0 aliphatic carbocycles. The number of aryl methyl sites for hydroxylation is 1. The van der Waals surface area contributed by atoms with Crippen LogP contribution >= 0.6 is 0 Å². The van der Waals surface area contributed by atoms with E-state index in [2.05, 4.69) is 52.8 Å². The quantitative estimate of drug-likeness (QED) is 0.658. The lowest BCUT2D eigenvalue weighted by Gasteiger charge is -2.24. The first-order valence-corrected chi connectivity index (χ1v) is 5.62. The van der Waals surface area contributed by atoms with E-state index in [-0.39, 0.29) is 5.41 Å². The van der Waals surface area contributed by atoms with Crippen LogP contribution in [0.25, 0.3) is 0 Å². The van der Waals surface area contributed by atoms with Gasteiger partial charge in [-0.05, 0) is 34.9 Å². The van der Waals surface area contributed by atoms with Crippen LogP contribution in [0.5, 0.6) is 0 Å². The predicted molar refractivity (Wildman–Crippen MR) is 63.9 cm³/mol. The topological polar surface area (TPSA) is 0 Å². The fourth-order valence-corrected chi connectivity index (χ4v) is 2.09. The SMILES string of the molecule is CCc1cccc(C(C)(C)C)c1CC. The summed E-state index contributed by atoms with van der Waals surface area (Å²) in [5.41, 5.74) is 4.86. The van der Waals surface area contributed by atoms with Crippen molar-refractivity contribution in [1.29, 1.82) is 0 Å². The van der Waals surface area contributed by atoms with Crippen LogP contribution in [-0.2, 0) is 18.3 Å². The van der Waals surface area contributed by atoms with Crippen LogP contribution in [0.3, 0.4) is 0 Å². The minimum atomic E-state index is 0.274. The zero-order valence-corrected chi connectivity index (χ0v) is 10.1. The Bertz CT molecular complexity index is 302.